The van der Waals surface area contributed by atoms with Crippen LogP contribution in [0.25, 0.3) is 10.8 Å². The van der Waals surface area contributed by atoms with Crippen LogP contribution in [0.5, 0.6) is 0 Å². The highest BCUT2D eigenvalue weighted by molar-refractivity contribution is 8.00. The predicted molar refractivity (Wildman–Crippen MR) is 123 cm³/mol. The van der Waals surface area contributed by atoms with Gasteiger partial charge >= 0.3 is 0 Å². The molecule has 4 rings (SSSR count). The summed E-state index contributed by atoms with van der Waals surface area (Å²) in [7, 11) is 0. The second-order valence-electron chi connectivity index (χ2n) is 7.12. The molecule has 1 atom stereocenters. The molecule has 1 heterocycles. The molecule has 0 aliphatic carbocycles. The standard InChI is InChI=1S/C24H24N4OS/c1-3-28-22(15-18-9-5-4-6-10-18)26-27-24(28)30-17(2)23(29)25-21-14-13-19-11-7-8-12-20(19)16-21/h4-14,16-17H,3,15H2,1-2H3,(H,25,29)/t17-/m0/s1. The third-order valence-corrected chi connectivity index (χ3v) is 6.06. The maximum atomic E-state index is 12.8. The molecule has 5 nitrogen and oxygen atoms in total. The summed E-state index contributed by atoms with van der Waals surface area (Å²) in [5.74, 6) is 0.860. The number of rotatable bonds is 7. The topological polar surface area (TPSA) is 59.8 Å². The summed E-state index contributed by atoms with van der Waals surface area (Å²) >= 11 is 1.43. The Balaban J connectivity index is 1.44. The lowest BCUT2D eigenvalue weighted by Gasteiger charge is -2.13. The SMILES string of the molecule is CCn1c(Cc2ccccc2)nnc1S[C@@H](C)C(=O)Nc1ccc2ccccc2c1. The number of anilines is 1. The Morgan fingerprint density at radius 1 is 1.00 bits per heavy atom. The average Bonchev–Trinajstić information content (AvgIpc) is 3.15. The molecule has 152 valence electrons. The lowest BCUT2D eigenvalue weighted by molar-refractivity contribution is -0.115. The monoisotopic (exact) mass is 416 g/mol. The maximum absolute atomic E-state index is 12.8. The number of thioether (sulfide) groups is 1. The zero-order valence-corrected chi connectivity index (χ0v) is 17.9. The van der Waals surface area contributed by atoms with Crippen molar-refractivity contribution in [2.24, 2.45) is 0 Å². The summed E-state index contributed by atoms with van der Waals surface area (Å²) in [6.45, 7) is 4.73. The van der Waals surface area contributed by atoms with Crippen molar-refractivity contribution >= 4 is 34.1 Å². The summed E-state index contributed by atoms with van der Waals surface area (Å²) < 4.78 is 2.08. The Morgan fingerprint density at radius 2 is 1.73 bits per heavy atom. The van der Waals surface area contributed by atoms with Crippen LogP contribution in [0.3, 0.4) is 0 Å². The van der Waals surface area contributed by atoms with Gasteiger partial charge in [-0.15, -0.1) is 10.2 Å². The lowest BCUT2D eigenvalue weighted by Crippen LogP contribution is -2.23. The van der Waals surface area contributed by atoms with E-state index >= 15 is 0 Å². The third-order valence-electron chi connectivity index (χ3n) is 4.98. The molecule has 0 saturated carbocycles. The van der Waals surface area contributed by atoms with Crippen molar-refractivity contribution in [3.8, 4) is 0 Å². The van der Waals surface area contributed by atoms with E-state index in [-0.39, 0.29) is 11.2 Å². The van der Waals surface area contributed by atoms with E-state index < -0.39 is 0 Å². The van der Waals surface area contributed by atoms with E-state index in [1.54, 1.807) is 0 Å². The van der Waals surface area contributed by atoms with Crippen LogP contribution >= 0.6 is 11.8 Å². The van der Waals surface area contributed by atoms with Gasteiger partial charge in [-0.1, -0.05) is 72.4 Å². The second-order valence-corrected chi connectivity index (χ2v) is 8.42. The van der Waals surface area contributed by atoms with Crippen molar-refractivity contribution in [3.63, 3.8) is 0 Å². The van der Waals surface area contributed by atoms with Crippen molar-refractivity contribution in [1.29, 1.82) is 0 Å². The van der Waals surface area contributed by atoms with Gasteiger partial charge in [0.1, 0.15) is 5.82 Å². The Labute approximate surface area is 180 Å². The third kappa shape index (κ3) is 4.54. The molecule has 0 bridgehead atoms. The molecule has 0 aliphatic heterocycles. The molecule has 4 aromatic rings. The van der Waals surface area contributed by atoms with Crippen LogP contribution in [0.15, 0.2) is 78.0 Å². The highest BCUT2D eigenvalue weighted by atomic mass is 32.2. The highest BCUT2D eigenvalue weighted by Gasteiger charge is 2.20. The number of carbonyl (C=O) groups is 1. The van der Waals surface area contributed by atoms with E-state index in [1.807, 2.05) is 61.5 Å². The maximum Gasteiger partial charge on any atom is 0.237 e. The molecule has 1 aromatic heterocycles. The minimum absolute atomic E-state index is 0.0504. The zero-order valence-electron chi connectivity index (χ0n) is 17.1. The smallest absolute Gasteiger partial charge is 0.237 e. The molecule has 0 fully saturated rings. The molecule has 30 heavy (non-hydrogen) atoms. The first-order valence-electron chi connectivity index (χ1n) is 10.1. The molecule has 1 amide bonds. The van der Waals surface area contributed by atoms with Gasteiger partial charge in [-0.25, -0.2) is 0 Å². The fourth-order valence-electron chi connectivity index (χ4n) is 3.36. The Kier molecular flexibility index (Phi) is 6.14. The van der Waals surface area contributed by atoms with Gasteiger partial charge in [0.25, 0.3) is 0 Å². The number of benzene rings is 3. The number of aromatic nitrogens is 3. The fourth-order valence-corrected chi connectivity index (χ4v) is 4.29. The van der Waals surface area contributed by atoms with Crippen LogP contribution < -0.4 is 5.32 Å². The highest BCUT2D eigenvalue weighted by Crippen LogP contribution is 2.25. The van der Waals surface area contributed by atoms with E-state index in [4.69, 9.17) is 0 Å². The molecular weight excluding hydrogens is 392 g/mol. The first-order valence-corrected chi connectivity index (χ1v) is 10.9. The van der Waals surface area contributed by atoms with Gasteiger partial charge in [0, 0.05) is 18.7 Å². The summed E-state index contributed by atoms with van der Waals surface area (Å²) in [6, 6.07) is 24.3. The lowest BCUT2D eigenvalue weighted by atomic mass is 10.1. The number of hydrogen-bond acceptors (Lipinski definition) is 4. The number of fused-ring (bicyclic) bond motifs is 1. The van der Waals surface area contributed by atoms with Crippen molar-refractivity contribution in [3.05, 3.63) is 84.2 Å². The number of carbonyl (C=O) groups excluding carboxylic acids is 1. The van der Waals surface area contributed by atoms with Crippen LogP contribution in [-0.2, 0) is 17.8 Å². The first kappa shape index (κ1) is 20.2. The largest absolute Gasteiger partial charge is 0.325 e. The van der Waals surface area contributed by atoms with Gasteiger partial charge < -0.3 is 9.88 Å². The second kappa shape index (κ2) is 9.13. The van der Waals surface area contributed by atoms with Crippen LogP contribution in [0, 0.1) is 0 Å². The summed E-state index contributed by atoms with van der Waals surface area (Å²) in [5, 5.41) is 14.5. The van der Waals surface area contributed by atoms with Gasteiger partial charge in [0.2, 0.25) is 5.91 Å². The van der Waals surface area contributed by atoms with Crippen LogP contribution in [0.4, 0.5) is 5.69 Å². The van der Waals surface area contributed by atoms with E-state index in [0.717, 1.165) is 40.4 Å². The summed E-state index contributed by atoms with van der Waals surface area (Å²) in [5.41, 5.74) is 1.99. The Hall–Kier alpha value is -3.12. The number of hydrogen-bond donors (Lipinski definition) is 1. The van der Waals surface area contributed by atoms with Crippen LogP contribution in [0.2, 0.25) is 0 Å². The molecule has 0 radical (unpaired) electrons. The number of nitrogens with one attached hydrogen (secondary N) is 1. The zero-order chi connectivity index (χ0) is 20.9. The van der Waals surface area contributed by atoms with Crippen molar-refractivity contribution in [2.75, 3.05) is 5.32 Å². The number of amides is 1. The van der Waals surface area contributed by atoms with E-state index in [0.29, 0.717) is 0 Å². The van der Waals surface area contributed by atoms with Crippen molar-refractivity contribution in [2.45, 2.75) is 37.2 Å². The minimum atomic E-state index is -0.296. The van der Waals surface area contributed by atoms with Crippen molar-refractivity contribution < 1.29 is 4.79 Å². The Morgan fingerprint density at radius 3 is 2.50 bits per heavy atom. The quantitative estimate of drug-likeness (QED) is 0.423. The predicted octanol–water partition coefficient (Wildman–Crippen LogP) is 5.16. The number of nitrogens with zero attached hydrogens (tertiary/aromatic N) is 3. The molecule has 3 aromatic carbocycles. The average molecular weight is 417 g/mol. The first-order chi connectivity index (χ1) is 14.6. The summed E-state index contributed by atoms with van der Waals surface area (Å²) in [4.78, 5) is 12.8. The molecular formula is C24H24N4OS. The molecule has 0 spiro atoms. The summed E-state index contributed by atoms with van der Waals surface area (Å²) in [6.07, 6.45) is 0.722. The van der Waals surface area contributed by atoms with Crippen molar-refractivity contribution in [1.82, 2.24) is 14.8 Å². The molecule has 0 unspecified atom stereocenters. The van der Waals surface area contributed by atoms with Crippen LogP contribution in [0.1, 0.15) is 25.2 Å². The van der Waals surface area contributed by atoms with Gasteiger partial charge in [0.15, 0.2) is 5.16 Å². The molecule has 1 N–H and O–H groups in total. The fraction of sp³-hybridized carbons (Fsp3) is 0.208. The molecule has 0 saturated heterocycles. The van der Waals surface area contributed by atoms with Gasteiger partial charge in [0.05, 0.1) is 5.25 Å². The van der Waals surface area contributed by atoms with Gasteiger partial charge in [-0.3, -0.25) is 4.79 Å². The normalized spacial score (nSPS) is 12.1. The van der Waals surface area contributed by atoms with Gasteiger partial charge in [-0.05, 0) is 42.3 Å². The minimum Gasteiger partial charge on any atom is -0.325 e. The molecule has 6 heteroatoms. The molecule has 0 aliphatic rings. The van der Waals surface area contributed by atoms with Gasteiger partial charge in [-0.2, -0.15) is 0 Å². The van der Waals surface area contributed by atoms with E-state index in [1.165, 1.54) is 17.3 Å². The Bertz CT molecular complexity index is 1160. The van der Waals surface area contributed by atoms with E-state index in [2.05, 4.69) is 45.2 Å². The van der Waals surface area contributed by atoms with Crippen LogP contribution in [-0.4, -0.2) is 25.9 Å². The van der Waals surface area contributed by atoms with E-state index in [9.17, 15) is 4.79 Å².